The SMILES string of the molecule is CC(NCc1ccnc2ccccc12)c1ccccc1F. The maximum Gasteiger partial charge on any atom is 0.127 e. The molecule has 0 spiro atoms. The Kier molecular flexibility index (Phi) is 3.93. The number of benzene rings is 2. The zero-order valence-electron chi connectivity index (χ0n) is 11.9. The highest BCUT2D eigenvalue weighted by molar-refractivity contribution is 5.81. The van der Waals surface area contributed by atoms with Gasteiger partial charge in [0.1, 0.15) is 5.82 Å². The minimum absolute atomic E-state index is 0.0434. The molecule has 3 aromatic rings. The van der Waals surface area contributed by atoms with E-state index in [0.29, 0.717) is 12.1 Å². The Hall–Kier alpha value is -2.26. The van der Waals surface area contributed by atoms with Crippen molar-refractivity contribution in [1.82, 2.24) is 10.3 Å². The lowest BCUT2D eigenvalue weighted by atomic mass is 10.1. The van der Waals surface area contributed by atoms with Gasteiger partial charge in [-0.25, -0.2) is 4.39 Å². The fraction of sp³-hybridized carbons (Fsp3) is 0.167. The van der Waals surface area contributed by atoms with Crippen molar-refractivity contribution >= 4 is 10.9 Å². The van der Waals surface area contributed by atoms with E-state index in [9.17, 15) is 4.39 Å². The predicted molar refractivity (Wildman–Crippen MR) is 83.4 cm³/mol. The molecular weight excluding hydrogens is 263 g/mol. The molecule has 2 nitrogen and oxygen atoms in total. The van der Waals surface area contributed by atoms with E-state index in [1.165, 1.54) is 11.6 Å². The number of nitrogens with one attached hydrogen (secondary N) is 1. The molecule has 1 unspecified atom stereocenters. The van der Waals surface area contributed by atoms with Gasteiger partial charge in [-0.15, -0.1) is 0 Å². The van der Waals surface area contributed by atoms with Gasteiger partial charge in [-0.1, -0.05) is 36.4 Å². The highest BCUT2D eigenvalue weighted by Crippen LogP contribution is 2.19. The summed E-state index contributed by atoms with van der Waals surface area (Å²) in [6, 6.07) is 16.9. The van der Waals surface area contributed by atoms with E-state index < -0.39 is 0 Å². The Morgan fingerprint density at radius 1 is 1.05 bits per heavy atom. The van der Waals surface area contributed by atoms with Crippen molar-refractivity contribution in [1.29, 1.82) is 0 Å². The van der Waals surface area contributed by atoms with Crippen LogP contribution in [0.5, 0.6) is 0 Å². The number of fused-ring (bicyclic) bond motifs is 1. The molecule has 0 aliphatic rings. The van der Waals surface area contributed by atoms with E-state index in [0.717, 1.165) is 10.9 Å². The van der Waals surface area contributed by atoms with Gasteiger partial charge in [0.05, 0.1) is 5.52 Å². The largest absolute Gasteiger partial charge is 0.306 e. The monoisotopic (exact) mass is 280 g/mol. The maximum absolute atomic E-state index is 13.8. The molecule has 1 aromatic heterocycles. The highest BCUT2D eigenvalue weighted by Gasteiger charge is 2.10. The van der Waals surface area contributed by atoms with Gasteiger partial charge in [-0.3, -0.25) is 4.98 Å². The number of hydrogen-bond acceptors (Lipinski definition) is 2. The summed E-state index contributed by atoms with van der Waals surface area (Å²) >= 11 is 0. The summed E-state index contributed by atoms with van der Waals surface area (Å²) in [6.07, 6.45) is 1.81. The first kappa shape index (κ1) is 13.7. The quantitative estimate of drug-likeness (QED) is 0.773. The Morgan fingerprint density at radius 2 is 1.81 bits per heavy atom. The maximum atomic E-state index is 13.8. The molecule has 0 fully saturated rings. The minimum atomic E-state index is -0.169. The lowest BCUT2D eigenvalue weighted by molar-refractivity contribution is 0.529. The second kappa shape index (κ2) is 6.02. The summed E-state index contributed by atoms with van der Waals surface area (Å²) in [5.41, 5.74) is 2.84. The van der Waals surface area contributed by atoms with Crippen LogP contribution in [0.3, 0.4) is 0 Å². The summed E-state index contributed by atoms with van der Waals surface area (Å²) < 4.78 is 13.8. The molecule has 2 aromatic carbocycles. The van der Waals surface area contributed by atoms with Crippen molar-refractivity contribution in [3.63, 3.8) is 0 Å². The number of pyridine rings is 1. The molecule has 0 saturated carbocycles. The van der Waals surface area contributed by atoms with E-state index in [4.69, 9.17) is 0 Å². The topological polar surface area (TPSA) is 24.9 Å². The van der Waals surface area contributed by atoms with Crippen LogP contribution in [-0.2, 0) is 6.54 Å². The molecule has 3 heteroatoms. The van der Waals surface area contributed by atoms with Crippen molar-refractivity contribution in [2.75, 3.05) is 0 Å². The molecule has 106 valence electrons. The summed E-state index contributed by atoms with van der Waals surface area (Å²) in [7, 11) is 0. The average molecular weight is 280 g/mol. The number of rotatable bonds is 4. The van der Waals surface area contributed by atoms with Gasteiger partial charge in [-0.05, 0) is 30.7 Å². The lowest BCUT2D eigenvalue weighted by Gasteiger charge is -2.15. The predicted octanol–water partition coefficient (Wildman–Crippen LogP) is 4.22. The van der Waals surface area contributed by atoms with E-state index in [-0.39, 0.29) is 11.9 Å². The average Bonchev–Trinajstić information content (AvgIpc) is 2.53. The molecule has 3 rings (SSSR count). The van der Waals surface area contributed by atoms with Crippen LogP contribution in [-0.4, -0.2) is 4.98 Å². The van der Waals surface area contributed by atoms with Crippen molar-refractivity contribution in [2.24, 2.45) is 0 Å². The normalized spacial score (nSPS) is 12.5. The van der Waals surface area contributed by atoms with E-state index in [1.807, 2.05) is 49.5 Å². The molecule has 1 heterocycles. The Labute approximate surface area is 123 Å². The number of halogens is 1. The Bertz CT molecular complexity index is 750. The van der Waals surface area contributed by atoms with Crippen molar-refractivity contribution in [3.05, 3.63) is 77.7 Å². The molecular formula is C18H17FN2. The first-order valence-corrected chi connectivity index (χ1v) is 7.06. The molecule has 0 bridgehead atoms. The first-order valence-electron chi connectivity index (χ1n) is 7.06. The molecule has 0 radical (unpaired) electrons. The van der Waals surface area contributed by atoms with Crippen molar-refractivity contribution in [2.45, 2.75) is 19.5 Å². The molecule has 0 aliphatic heterocycles. The molecule has 0 aliphatic carbocycles. The zero-order valence-corrected chi connectivity index (χ0v) is 11.9. The van der Waals surface area contributed by atoms with E-state index in [2.05, 4.69) is 16.4 Å². The number of para-hydroxylation sites is 1. The fourth-order valence-corrected chi connectivity index (χ4v) is 2.51. The van der Waals surface area contributed by atoms with Crippen LogP contribution in [0.1, 0.15) is 24.1 Å². The van der Waals surface area contributed by atoms with E-state index >= 15 is 0 Å². The second-order valence-electron chi connectivity index (χ2n) is 5.11. The van der Waals surface area contributed by atoms with Gasteiger partial charge in [0.2, 0.25) is 0 Å². The van der Waals surface area contributed by atoms with Crippen molar-refractivity contribution in [3.8, 4) is 0 Å². The van der Waals surface area contributed by atoms with Crippen molar-refractivity contribution < 1.29 is 4.39 Å². The van der Waals surface area contributed by atoms with Crippen LogP contribution < -0.4 is 5.32 Å². The van der Waals surface area contributed by atoms with Gasteiger partial charge in [-0.2, -0.15) is 0 Å². The van der Waals surface area contributed by atoms with Gasteiger partial charge in [0, 0.05) is 29.7 Å². The van der Waals surface area contributed by atoms with Gasteiger partial charge < -0.3 is 5.32 Å². The van der Waals surface area contributed by atoms with Crippen LogP contribution in [0.2, 0.25) is 0 Å². The molecule has 1 atom stereocenters. The third-order valence-corrected chi connectivity index (χ3v) is 3.71. The van der Waals surface area contributed by atoms with Crippen LogP contribution in [0.25, 0.3) is 10.9 Å². The summed E-state index contributed by atoms with van der Waals surface area (Å²) in [5, 5.41) is 4.51. The Balaban J connectivity index is 1.79. The summed E-state index contributed by atoms with van der Waals surface area (Å²) in [4.78, 5) is 4.35. The highest BCUT2D eigenvalue weighted by atomic mass is 19.1. The minimum Gasteiger partial charge on any atom is -0.306 e. The fourth-order valence-electron chi connectivity index (χ4n) is 2.51. The van der Waals surface area contributed by atoms with Crippen LogP contribution in [0.15, 0.2) is 60.8 Å². The van der Waals surface area contributed by atoms with Gasteiger partial charge >= 0.3 is 0 Å². The van der Waals surface area contributed by atoms with Gasteiger partial charge in [0.15, 0.2) is 0 Å². The summed E-state index contributed by atoms with van der Waals surface area (Å²) in [6.45, 7) is 2.65. The number of nitrogens with zero attached hydrogens (tertiary/aromatic N) is 1. The Morgan fingerprint density at radius 3 is 2.67 bits per heavy atom. The zero-order chi connectivity index (χ0) is 14.7. The van der Waals surface area contributed by atoms with Crippen LogP contribution in [0, 0.1) is 5.82 Å². The second-order valence-corrected chi connectivity index (χ2v) is 5.11. The van der Waals surface area contributed by atoms with Crippen LogP contribution >= 0.6 is 0 Å². The van der Waals surface area contributed by atoms with Gasteiger partial charge in [0.25, 0.3) is 0 Å². The molecule has 0 saturated heterocycles. The molecule has 0 amide bonds. The lowest BCUT2D eigenvalue weighted by Crippen LogP contribution is -2.19. The number of hydrogen-bond donors (Lipinski definition) is 1. The molecule has 21 heavy (non-hydrogen) atoms. The summed E-state index contributed by atoms with van der Waals surface area (Å²) in [5.74, 6) is -0.169. The van der Waals surface area contributed by atoms with E-state index in [1.54, 1.807) is 6.07 Å². The standard InChI is InChI=1S/C18H17FN2/c1-13(15-6-2-4-8-17(15)19)21-12-14-10-11-20-18-9-5-3-7-16(14)18/h2-11,13,21H,12H2,1H3. The first-order chi connectivity index (χ1) is 10.3. The third-order valence-electron chi connectivity index (χ3n) is 3.71. The van der Waals surface area contributed by atoms with Crippen LogP contribution in [0.4, 0.5) is 4.39 Å². The smallest absolute Gasteiger partial charge is 0.127 e. The molecule has 1 N–H and O–H groups in total. The number of aromatic nitrogens is 1. The third kappa shape index (κ3) is 2.93.